The van der Waals surface area contributed by atoms with Gasteiger partial charge in [-0.3, -0.25) is 4.79 Å². The maximum absolute atomic E-state index is 12.9. The van der Waals surface area contributed by atoms with E-state index in [0.717, 1.165) is 18.4 Å². The number of nitrogens with zero attached hydrogens (tertiary/aromatic N) is 3. The van der Waals surface area contributed by atoms with E-state index in [2.05, 4.69) is 26.7 Å². The monoisotopic (exact) mass is 383 g/mol. The quantitative estimate of drug-likeness (QED) is 0.671. The predicted molar refractivity (Wildman–Crippen MR) is 112 cm³/mol. The molecule has 1 amide bonds. The molecule has 2 aromatic carbocycles. The van der Waals surface area contributed by atoms with Crippen LogP contribution in [0.1, 0.15) is 41.7 Å². The highest BCUT2D eigenvalue weighted by Crippen LogP contribution is 2.24. The van der Waals surface area contributed by atoms with E-state index in [4.69, 9.17) is 5.26 Å². The summed E-state index contributed by atoms with van der Waals surface area (Å²) in [7, 11) is 0. The SMILES string of the molecule is N#Cc1cccc(NC(=O)c2cc(NC3CCCC3)nc(-c3ccccc3)n2)c1. The van der Waals surface area contributed by atoms with E-state index in [1.54, 1.807) is 30.3 Å². The normalized spacial score (nSPS) is 13.6. The first-order chi connectivity index (χ1) is 14.2. The fraction of sp³-hybridized carbons (Fsp3) is 0.217. The van der Waals surface area contributed by atoms with E-state index < -0.39 is 0 Å². The standard InChI is InChI=1S/C23H21N5O/c24-15-16-7-6-12-19(13-16)26-23(29)20-14-21(25-18-10-4-5-11-18)28-22(27-20)17-8-2-1-3-9-17/h1-3,6-9,12-14,18H,4-5,10-11H2,(H,26,29)(H,25,27,28). The number of carbonyl (C=O) groups excluding carboxylic acids is 1. The van der Waals surface area contributed by atoms with Gasteiger partial charge in [-0.15, -0.1) is 0 Å². The Morgan fingerprint density at radius 1 is 1.00 bits per heavy atom. The molecular weight excluding hydrogens is 362 g/mol. The van der Waals surface area contributed by atoms with Crippen molar-refractivity contribution in [3.63, 3.8) is 0 Å². The van der Waals surface area contributed by atoms with E-state index in [1.165, 1.54) is 12.8 Å². The van der Waals surface area contributed by atoms with Crippen molar-refractivity contribution in [3.05, 3.63) is 71.9 Å². The van der Waals surface area contributed by atoms with Crippen LogP contribution in [0.2, 0.25) is 0 Å². The molecule has 1 aliphatic carbocycles. The lowest BCUT2D eigenvalue weighted by molar-refractivity contribution is 0.102. The third-order valence-corrected chi connectivity index (χ3v) is 4.95. The molecule has 4 rings (SSSR count). The van der Waals surface area contributed by atoms with Crippen molar-refractivity contribution in [2.45, 2.75) is 31.7 Å². The molecule has 1 aliphatic rings. The highest BCUT2D eigenvalue weighted by Gasteiger charge is 2.18. The minimum absolute atomic E-state index is 0.279. The summed E-state index contributed by atoms with van der Waals surface area (Å²) in [6.45, 7) is 0. The number of nitrogens with one attached hydrogen (secondary N) is 2. The highest BCUT2D eigenvalue weighted by molar-refractivity contribution is 6.03. The smallest absolute Gasteiger partial charge is 0.274 e. The first-order valence-electron chi connectivity index (χ1n) is 9.74. The van der Waals surface area contributed by atoms with Gasteiger partial charge in [-0.1, -0.05) is 49.2 Å². The molecule has 6 heteroatoms. The van der Waals surface area contributed by atoms with Crippen LogP contribution in [-0.2, 0) is 0 Å². The van der Waals surface area contributed by atoms with E-state index in [0.29, 0.717) is 28.9 Å². The molecule has 0 radical (unpaired) electrons. The Balaban J connectivity index is 1.65. The van der Waals surface area contributed by atoms with Gasteiger partial charge in [0, 0.05) is 23.4 Å². The van der Waals surface area contributed by atoms with Crippen LogP contribution < -0.4 is 10.6 Å². The molecule has 3 aromatic rings. The van der Waals surface area contributed by atoms with Gasteiger partial charge in [-0.05, 0) is 31.0 Å². The summed E-state index contributed by atoms with van der Waals surface area (Å²) >= 11 is 0. The maximum atomic E-state index is 12.9. The number of hydrogen-bond donors (Lipinski definition) is 2. The number of benzene rings is 2. The zero-order chi connectivity index (χ0) is 20.1. The molecule has 0 unspecified atom stereocenters. The summed E-state index contributed by atoms with van der Waals surface area (Å²) < 4.78 is 0. The van der Waals surface area contributed by atoms with Gasteiger partial charge in [0.05, 0.1) is 11.6 Å². The number of nitriles is 1. The zero-order valence-corrected chi connectivity index (χ0v) is 15.9. The van der Waals surface area contributed by atoms with Crippen molar-refractivity contribution in [2.75, 3.05) is 10.6 Å². The molecule has 0 atom stereocenters. The Morgan fingerprint density at radius 2 is 1.79 bits per heavy atom. The Bertz CT molecular complexity index is 1050. The Kier molecular flexibility index (Phi) is 5.48. The summed E-state index contributed by atoms with van der Waals surface area (Å²) in [5.41, 5.74) is 2.17. The lowest BCUT2D eigenvalue weighted by atomic mass is 10.2. The van der Waals surface area contributed by atoms with Gasteiger partial charge in [-0.25, -0.2) is 9.97 Å². The number of aromatic nitrogens is 2. The van der Waals surface area contributed by atoms with Gasteiger partial charge >= 0.3 is 0 Å². The van der Waals surface area contributed by atoms with Gasteiger partial charge in [-0.2, -0.15) is 5.26 Å². The van der Waals surface area contributed by atoms with Gasteiger partial charge in [0.25, 0.3) is 5.91 Å². The third-order valence-electron chi connectivity index (χ3n) is 4.95. The second-order valence-corrected chi connectivity index (χ2v) is 7.10. The molecule has 0 saturated heterocycles. The number of amides is 1. The maximum Gasteiger partial charge on any atom is 0.274 e. The predicted octanol–water partition coefficient (Wildman–Crippen LogP) is 4.62. The van der Waals surface area contributed by atoms with Crippen LogP contribution in [-0.4, -0.2) is 21.9 Å². The number of carbonyl (C=O) groups is 1. The lowest BCUT2D eigenvalue weighted by Gasteiger charge is -2.15. The van der Waals surface area contributed by atoms with Crippen LogP contribution in [0.15, 0.2) is 60.7 Å². The molecule has 1 saturated carbocycles. The van der Waals surface area contributed by atoms with Crippen LogP contribution in [0.4, 0.5) is 11.5 Å². The minimum Gasteiger partial charge on any atom is -0.367 e. The van der Waals surface area contributed by atoms with Crippen molar-refractivity contribution in [2.24, 2.45) is 0 Å². The average molecular weight is 383 g/mol. The lowest BCUT2D eigenvalue weighted by Crippen LogP contribution is -2.19. The topological polar surface area (TPSA) is 90.7 Å². The summed E-state index contributed by atoms with van der Waals surface area (Å²) in [6, 6.07) is 20.6. The molecule has 6 nitrogen and oxygen atoms in total. The third kappa shape index (κ3) is 4.58. The largest absolute Gasteiger partial charge is 0.367 e. The van der Waals surface area contributed by atoms with E-state index in [9.17, 15) is 4.79 Å². The van der Waals surface area contributed by atoms with Gasteiger partial charge in [0.1, 0.15) is 11.5 Å². The Hall–Kier alpha value is -3.72. The first kappa shape index (κ1) is 18.6. The molecule has 0 spiro atoms. The average Bonchev–Trinajstić information content (AvgIpc) is 3.27. The van der Waals surface area contributed by atoms with Crippen LogP contribution in [0.25, 0.3) is 11.4 Å². The first-order valence-corrected chi connectivity index (χ1v) is 9.74. The summed E-state index contributed by atoms with van der Waals surface area (Å²) in [4.78, 5) is 22.0. The number of anilines is 2. The van der Waals surface area contributed by atoms with E-state index >= 15 is 0 Å². The summed E-state index contributed by atoms with van der Waals surface area (Å²) in [6.07, 6.45) is 4.62. The Morgan fingerprint density at radius 3 is 2.55 bits per heavy atom. The fourth-order valence-electron chi connectivity index (χ4n) is 3.49. The Labute approximate surface area is 169 Å². The molecule has 0 aliphatic heterocycles. The molecule has 2 N–H and O–H groups in total. The highest BCUT2D eigenvalue weighted by atomic mass is 16.1. The van der Waals surface area contributed by atoms with Crippen LogP contribution in [0.5, 0.6) is 0 Å². The van der Waals surface area contributed by atoms with Gasteiger partial charge in [0.15, 0.2) is 5.82 Å². The molecule has 1 fully saturated rings. The van der Waals surface area contributed by atoms with Crippen molar-refractivity contribution >= 4 is 17.4 Å². The number of rotatable bonds is 5. The summed E-state index contributed by atoms with van der Waals surface area (Å²) in [5, 5.41) is 15.3. The molecule has 1 aromatic heterocycles. The number of hydrogen-bond acceptors (Lipinski definition) is 5. The van der Waals surface area contributed by atoms with Crippen LogP contribution >= 0.6 is 0 Å². The molecule has 0 bridgehead atoms. The van der Waals surface area contributed by atoms with Crippen molar-refractivity contribution in [1.29, 1.82) is 5.26 Å². The molecule has 29 heavy (non-hydrogen) atoms. The fourth-order valence-corrected chi connectivity index (χ4v) is 3.49. The van der Waals surface area contributed by atoms with Crippen LogP contribution in [0, 0.1) is 11.3 Å². The van der Waals surface area contributed by atoms with E-state index in [-0.39, 0.29) is 11.6 Å². The van der Waals surface area contributed by atoms with Crippen molar-refractivity contribution in [1.82, 2.24) is 9.97 Å². The second-order valence-electron chi connectivity index (χ2n) is 7.10. The summed E-state index contributed by atoms with van der Waals surface area (Å²) in [5.74, 6) is 0.820. The van der Waals surface area contributed by atoms with Crippen molar-refractivity contribution < 1.29 is 4.79 Å². The molecular formula is C23H21N5O. The zero-order valence-electron chi connectivity index (χ0n) is 15.9. The minimum atomic E-state index is -0.339. The molecule has 144 valence electrons. The molecule has 1 heterocycles. The van der Waals surface area contributed by atoms with E-state index in [1.807, 2.05) is 30.3 Å². The van der Waals surface area contributed by atoms with Gasteiger partial charge < -0.3 is 10.6 Å². The van der Waals surface area contributed by atoms with Gasteiger partial charge in [0.2, 0.25) is 0 Å². The van der Waals surface area contributed by atoms with Crippen molar-refractivity contribution in [3.8, 4) is 17.5 Å². The van der Waals surface area contributed by atoms with Crippen LogP contribution in [0.3, 0.4) is 0 Å². The second kappa shape index (κ2) is 8.53.